The molecule has 0 spiro atoms. The molecule has 3 N–H and O–H groups in total. The standard InChI is InChI=1S/C17H26N2O/c18-16-9-6-15(7-10-16)12-13-19-17(20)11-8-14-4-2-1-3-5-14/h6-7,9-10,14H,1-5,8,11-13,18H2,(H,19,20). The number of nitrogen functional groups attached to an aromatic ring is 1. The Balaban J connectivity index is 1.58. The van der Waals surface area contributed by atoms with Gasteiger partial charge in [-0.15, -0.1) is 0 Å². The van der Waals surface area contributed by atoms with Gasteiger partial charge in [0.25, 0.3) is 0 Å². The molecule has 2 rings (SSSR count). The molecular weight excluding hydrogens is 248 g/mol. The van der Waals surface area contributed by atoms with E-state index in [-0.39, 0.29) is 5.91 Å². The van der Waals surface area contributed by atoms with Crippen LogP contribution in [0.4, 0.5) is 5.69 Å². The lowest BCUT2D eigenvalue weighted by Crippen LogP contribution is -2.26. The molecule has 1 fully saturated rings. The first-order chi connectivity index (χ1) is 9.74. The van der Waals surface area contributed by atoms with Crippen molar-refractivity contribution < 1.29 is 4.79 Å². The summed E-state index contributed by atoms with van der Waals surface area (Å²) in [5.74, 6) is 0.984. The van der Waals surface area contributed by atoms with Gasteiger partial charge in [0, 0.05) is 18.7 Å². The van der Waals surface area contributed by atoms with Crippen molar-refractivity contribution in [2.24, 2.45) is 5.92 Å². The minimum absolute atomic E-state index is 0.200. The van der Waals surface area contributed by atoms with E-state index in [9.17, 15) is 4.79 Å². The van der Waals surface area contributed by atoms with Gasteiger partial charge in [0.15, 0.2) is 0 Å². The van der Waals surface area contributed by atoms with E-state index in [1.54, 1.807) is 0 Å². The molecule has 0 saturated heterocycles. The van der Waals surface area contributed by atoms with Crippen molar-refractivity contribution in [1.29, 1.82) is 0 Å². The maximum absolute atomic E-state index is 11.8. The van der Waals surface area contributed by atoms with Crippen molar-refractivity contribution in [3.63, 3.8) is 0 Å². The molecule has 20 heavy (non-hydrogen) atoms. The monoisotopic (exact) mass is 274 g/mol. The largest absolute Gasteiger partial charge is 0.399 e. The van der Waals surface area contributed by atoms with Crippen LogP contribution in [0.3, 0.4) is 0 Å². The summed E-state index contributed by atoms with van der Waals surface area (Å²) < 4.78 is 0. The number of hydrogen-bond donors (Lipinski definition) is 2. The third kappa shape index (κ3) is 5.24. The number of carbonyl (C=O) groups is 1. The van der Waals surface area contributed by atoms with E-state index in [4.69, 9.17) is 5.73 Å². The van der Waals surface area contributed by atoms with Crippen LogP contribution in [0, 0.1) is 5.92 Å². The van der Waals surface area contributed by atoms with Crippen LogP contribution in [0.5, 0.6) is 0 Å². The summed E-state index contributed by atoms with van der Waals surface area (Å²) in [7, 11) is 0. The Labute approximate surface area is 121 Å². The lowest BCUT2D eigenvalue weighted by molar-refractivity contribution is -0.121. The van der Waals surface area contributed by atoms with E-state index in [2.05, 4.69) is 5.32 Å². The zero-order valence-corrected chi connectivity index (χ0v) is 12.2. The fourth-order valence-corrected chi connectivity index (χ4v) is 2.93. The van der Waals surface area contributed by atoms with Crippen molar-refractivity contribution in [2.75, 3.05) is 12.3 Å². The number of amides is 1. The molecule has 3 nitrogen and oxygen atoms in total. The Hall–Kier alpha value is -1.51. The summed E-state index contributed by atoms with van der Waals surface area (Å²) in [6.45, 7) is 0.716. The molecule has 0 bridgehead atoms. The van der Waals surface area contributed by atoms with Crippen LogP contribution in [-0.4, -0.2) is 12.5 Å². The van der Waals surface area contributed by atoms with E-state index in [0.29, 0.717) is 13.0 Å². The van der Waals surface area contributed by atoms with Crippen molar-refractivity contribution >= 4 is 11.6 Å². The number of anilines is 1. The van der Waals surface area contributed by atoms with E-state index >= 15 is 0 Å². The number of rotatable bonds is 6. The average Bonchev–Trinajstić information content (AvgIpc) is 2.48. The summed E-state index contributed by atoms with van der Waals surface area (Å²) in [6, 6.07) is 7.84. The Morgan fingerprint density at radius 1 is 1.15 bits per heavy atom. The van der Waals surface area contributed by atoms with Gasteiger partial charge < -0.3 is 11.1 Å². The SMILES string of the molecule is Nc1ccc(CCNC(=O)CCC2CCCCC2)cc1. The molecule has 0 radical (unpaired) electrons. The third-order valence-corrected chi connectivity index (χ3v) is 4.22. The second kappa shape index (κ2) is 7.93. The second-order valence-electron chi connectivity index (χ2n) is 5.88. The Kier molecular flexibility index (Phi) is 5.90. The molecule has 1 amide bonds. The zero-order valence-electron chi connectivity index (χ0n) is 12.2. The lowest BCUT2D eigenvalue weighted by atomic mass is 9.86. The van der Waals surface area contributed by atoms with Crippen LogP contribution in [0.25, 0.3) is 0 Å². The number of nitrogens with two attached hydrogens (primary N) is 1. The zero-order chi connectivity index (χ0) is 14.2. The van der Waals surface area contributed by atoms with Crippen LogP contribution >= 0.6 is 0 Å². The number of nitrogens with one attached hydrogen (secondary N) is 1. The lowest BCUT2D eigenvalue weighted by Gasteiger charge is -2.20. The molecule has 0 aliphatic heterocycles. The topological polar surface area (TPSA) is 55.1 Å². The van der Waals surface area contributed by atoms with Gasteiger partial charge >= 0.3 is 0 Å². The molecule has 0 heterocycles. The predicted molar refractivity (Wildman–Crippen MR) is 83.4 cm³/mol. The van der Waals surface area contributed by atoms with Gasteiger partial charge in [0.1, 0.15) is 0 Å². The normalized spacial score (nSPS) is 16.0. The highest BCUT2D eigenvalue weighted by Gasteiger charge is 2.14. The van der Waals surface area contributed by atoms with E-state index < -0.39 is 0 Å². The quantitative estimate of drug-likeness (QED) is 0.782. The highest BCUT2D eigenvalue weighted by molar-refractivity contribution is 5.75. The second-order valence-corrected chi connectivity index (χ2v) is 5.88. The smallest absolute Gasteiger partial charge is 0.220 e. The van der Waals surface area contributed by atoms with Gasteiger partial charge in [-0.05, 0) is 36.5 Å². The van der Waals surface area contributed by atoms with Crippen molar-refractivity contribution in [1.82, 2.24) is 5.32 Å². The molecule has 1 aliphatic carbocycles. The first-order valence-electron chi connectivity index (χ1n) is 7.85. The maximum Gasteiger partial charge on any atom is 0.220 e. The molecule has 1 aliphatic rings. The molecular formula is C17H26N2O. The average molecular weight is 274 g/mol. The number of carbonyl (C=O) groups excluding carboxylic acids is 1. The van der Waals surface area contributed by atoms with E-state index in [1.165, 1.54) is 37.7 Å². The summed E-state index contributed by atoms with van der Waals surface area (Å²) >= 11 is 0. The van der Waals surface area contributed by atoms with Crippen LogP contribution in [0.1, 0.15) is 50.5 Å². The van der Waals surface area contributed by atoms with Gasteiger partial charge in [-0.1, -0.05) is 44.2 Å². The number of benzene rings is 1. The van der Waals surface area contributed by atoms with Gasteiger partial charge in [0.05, 0.1) is 0 Å². The van der Waals surface area contributed by atoms with Crippen LogP contribution in [0.15, 0.2) is 24.3 Å². The molecule has 1 aromatic rings. The molecule has 3 heteroatoms. The molecule has 0 unspecified atom stereocenters. The minimum Gasteiger partial charge on any atom is -0.399 e. The first kappa shape index (κ1) is 14.9. The summed E-state index contributed by atoms with van der Waals surface area (Å²) in [5, 5.41) is 3.02. The van der Waals surface area contributed by atoms with Gasteiger partial charge in [-0.3, -0.25) is 4.79 Å². The summed E-state index contributed by atoms with van der Waals surface area (Å²) in [6.07, 6.45) is 9.34. The maximum atomic E-state index is 11.8. The van der Waals surface area contributed by atoms with Crippen molar-refractivity contribution in [2.45, 2.75) is 51.4 Å². The summed E-state index contributed by atoms with van der Waals surface area (Å²) in [5.41, 5.74) is 7.64. The molecule has 0 atom stereocenters. The Bertz CT molecular complexity index is 408. The molecule has 1 saturated carbocycles. The molecule has 110 valence electrons. The minimum atomic E-state index is 0.200. The molecule has 1 aromatic carbocycles. The number of hydrogen-bond acceptors (Lipinski definition) is 2. The van der Waals surface area contributed by atoms with Crippen LogP contribution in [0.2, 0.25) is 0 Å². The van der Waals surface area contributed by atoms with E-state index in [1.807, 2.05) is 24.3 Å². The van der Waals surface area contributed by atoms with E-state index in [0.717, 1.165) is 24.4 Å². The van der Waals surface area contributed by atoms with Crippen molar-refractivity contribution in [3.05, 3.63) is 29.8 Å². The Morgan fingerprint density at radius 2 is 1.85 bits per heavy atom. The summed E-state index contributed by atoms with van der Waals surface area (Å²) in [4.78, 5) is 11.8. The highest BCUT2D eigenvalue weighted by atomic mass is 16.1. The predicted octanol–water partition coefficient (Wildman–Crippen LogP) is 3.29. The van der Waals surface area contributed by atoms with Crippen LogP contribution in [-0.2, 0) is 11.2 Å². The van der Waals surface area contributed by atoms with Gasteiger partial charge in [0.2, 0.25) is 5.91 Å². The van der Waals surface area contributed by atoms with Gasteiger partial charge in [-0.25, -0.2) is 0 Å². The van der Waals surface area contributed by atoms with Crippen molar-refractivity contribution in [3.8, 4) is 0 Å². The first-order valence-corrected chi connectivity index (χ1v) is 7.85. The highest BCUT2D eigenvalue weighted by Crippen LogP contribution is 2.27. The van der Waals surface area contributed by atoms with Gasteiger partial charge in [-0.2, -0.15) is 0 Å². The fraction of sp³-hybridized carbons (Fsp3) is 0.588. The van der Waals surface area contributed by atoms with Crippen LogP contribution < -0.4 is 11.1 Å². The Morgan fingerprint density at radius 3 is 2.55 bits per heavy atom. The third-order valence-electron chi connectivity index (χ3n) is 4.22. The fourth-order valence-electron chi connectivity index (χ4n) is 2.93. The molecule has 0 aromatic heterocycles.